The van der Waals surface area contributed by atoms with Crippen LogP contribution in [0, 0.1) is 0 Å². The predicted molar refractivity (Wildman–Crippen MR) is 46.1 cm³/mol. The predicted octanol–water partition coefficient (Wildman–Crippen LogP) is 2.39. The Labute approximate surface area is 67.2 Å². The van der Waals surface area contributed by atoms with Crippen LogP contribution in [0.1, 0.15) is 39.5 Å². The van der Waals surface area contributed by atoms with Gasteiger partial charge in [0.05, 0.1) is 0 Å². The largest absolute Gasteiger partial charge is 0.380 e. The Balaban J connectivity index is 2.40. The minimum Gasteiger partial charge on any atom is -0.380 e. The monoisotopic (exact) mass is 160 g/mol. The highest BCUT2D eigenvalue weighted by molar-refractivity contribution is 8.01. The lowest BCUT2D eigenvalue weighted by molar-refractivity contribution is 0.137. The van der Waals surface area contributed by atoms with Gasteiger partial charge >= 0.3 is 0 Å². The van der Waals surface area contributed by atoms with Crippen molar-refractivity contribution in [3.63, 3.8) is 0 Å². The van der Waals surface area contributed by atoms with E-state index in [2.05, 4.69) is 6.92 Å². The van der Waals surface area contributed by atoms with Gasteiger partial charge in [-0.05, 0) is 32.6 Å². The van der Waals surface area contributed by atoms with Gasteiger partial charge in [-0.1, -0.05) is 6.92 Å². The average molecular weight is 160 g/mol. The summed E-state index contributed by atoms with van der Waals surface area (Å²) in [5.74, 6) is 0. The zero-order valence-electron chi connectivity index (χ0n) is 6.76. The zero-order valence-corrected chi connectivity index (χ0v) is 7.58. The second-order valence-electron chi connectivity index (χ2n) is 3.22. The Hall–Kier alpha value is 0.310. The lowest BCUT2D eigenvalue weighted by atomic mass is 10.1. The maximum Gasteiger partial charge on any atom is 0.107 e. The Bertz CT molecular complexity index is 112. The van der Waals surface area contributed by atoms with Crippen molar-refractivity contribution >= 4 is 11.8 Å². The minimum atomic E-state index is -0.432. The van der Waals surface area contributed by atoms with Crippen LogP contribution in [0.3, 0.4) is 0 Å². The van der Waals surface area contributed by atoms with E-state index in [0.717, 1.165) is 6.42 Å². The van der Waals surface area contributed by atoms with Gasteiger partial charge in [0.1, 0.15) is 4.93 Å². The lowest BCUT2D eigenvalue weighted by Gasteiger charge is -2.32. The molecule has 1 aliphatic rings. The molecular weight excluding hydrogens is 144 g/mol. The molecule has 0 radical (unpaired) electrons. The molecule has 0 spiro atoms. The van der Waals surface area contributed by atoms with Crippen molar-refractivity contribution in [3.8, 4) is 0 Å². The SMILES string of the molecule is CCC1CCCC(C)(O)S1. The van der Waals surface area contributed by atoms with Gasteiger partial charge in [-0.15, -0.1) is 11.8 Å². The van der Waals surface area contributed by atoms with E-state index in [1.54, 1.807) is 11.8 Å². The third-order valence-electron chi connectivity index (χ3n) is 2.04. The van der Waals surface area contributed by atoms with Crippen molar-refractivity contribution in [2.45, 2.75) is 49.7 Å². The highest BCUT2D eigenvalue weighted by atomic mass is 32.2. The molecule has 0 aromatic rings. The molecule has 0 aliphatic carbocycles. The highest BCUT2D eigenvalue weighted by Crippen LogP contribution is 2.39. The number of rotatable bonds is 1. The van der Waals surface area contributed by atoms with E-state index >= 15 is 0 Å². The minimum absolute atomic E-state index is 0.432. The molecule has 60 valence electrons. The van der Waals surface area contributed by atoms with Gasteiger partial charge in [-0.3, -0.25) is 0 Å². The molecule has 0 amide bonds. The number of thioether (sulfide) groups is 1. The van der Waals surface area contributed by atoms with Gasteiger partial charge in [-0.25, -0.2) is 0 Å². The Morgan fingerprint density at radius 3 is 2.80 bits per heavy atom. The smallest absolute Gasteiger partial charge is 0.107 e. The molecule has 1 saturated heterocycles. The van der Waals surface area contributed by atoms with Crippen LogP contribution >= 0.6 is 11.8 Å². The quantitative estimate of drug-likeness (QED) is 0.635. The van der Waals surface area contributed by atoms with Crippen molar-refractivity contribution in [3.05, 3.63) is 0 Å². The van der Waals surface area contributed by atoms with Crippen LogP contribution < -0.4 is 0 Å². The van der Waals surface area contributed by atoms with E-state index in [1.807, 2.05) is 6.92 Å². The van der Waals surface area contributed by atoms with Gasteiger partial charge in [0.25, 0.3) is 0 Å². The van der Waals surface area contributed by atoms with Crippen molar-refractivity contribution in [2.24, 2.45) is 0 Å². The molecule has 1 rings (SSSR count). The van der Waals surface area contributed by atoms with Crippen molar-refractivity contribution in [1.82, 2.24) is 0 Å². The normalized spacial score (nSPS) is 41.7. The van der Waals surface area contributed by atoms with Gasteiger partial charge in [0.15, 0.2) is 0 Å². The number of hydrogen-bond donors (Lipinski definition) is 1. The second kappa shape index (κ2) is 3.14. The van der Waals surface area contributed by atoms with Crippen LogP contribution in [0.5, 0.6) is 0 Å². The summed E-state index contributed by atoms with van der Waals surface area (Å²) in [6, 6.07) is 0. The van der Waals surface area contributed by atoms with E-state index < -0.39 is 4.93 Å². The molecule has 1 N–H and O–H groups in total. The van der Waals surface area contributed by atoms with Crippen LogP contribution in [0.15, 0.2) is 0 Å². The summed E-state index contributed by atoms with van der Waals surface area (Å²) >= 11 is 1.74. The topological polar surface area (TPSA) is 20.2 Å². The van der Waals surface area contributed by atoms with E-state index in [-0.39, 0.29) is 0 Å². The molecule has 1 heterocycles. The first kappa shape index (κ1) is 8.41. The molecule has 10 heavy (non-hydrogen) atoms. The van der Waals surface area contributed by atoms with Crippen LogP contribution in [0.2, 0.25) is 0 Å². The summed E-state index contributed by atoms with van der Waals surface area (Å²) in [4.78, 5) is -0.432. The Kier molecular flexibility index (Phi) is 2.64. The summed E-state index contributed by atoms with van der Waals surface area (Å²) in [5, 5.41) is 10.3. The second-order valence-corrected chi connectivity index (χ2v) is 5.00. The zero-order chi connectivity index (χ0) is 7.61. The molecule has 0 bridgehead atoms. The summed E-state index contributed by atoms with van der Waals surface area (Å²) in [6.07, 6.45) is 4.64. The van der Waals surface area contributed by atoms with Crippen molar-refractivity contribution in [2.75, 3.05) is 0 Å². The van der Waals surface area contributed by atoms with Crippen LogP contribution in [-0.4, -0.2) is 15.3 Å². The summed E-state index contributed by atoms with van der Waals surface area (Å²) < 4.78 is 0. The lowest BCUT2D eigenvalue weighted by Crippen LogP contribution is -2.27. The standard InChI is InChI=1S/C8H16OS/c1-3-7-5-4-6-8(2,9)10-7/h7,9H,3-6H2,1-2H3. The van der Waals surface area contributed by atoms with Gasteiger partial charge in [0, 0.05) is 5.25 Å². The van der Waals surface area contributed by atoms with E-state index in [0.29, 0.717) is 5.25 Å². The van der Waals surface area contributed by atoms with Gasteiger partial charge < -0.3 is 5.11 Å². The molecule has 1 aliphatic heterocycles. The molecule has 2 unspecified atom stereocenters. The molecular formula is C8H16OS. The first-order valence-electron chi connectivity index (χ1n) is 4.04. The summed E-state index contributed by atoms with van der Waals surface area (Å²) in [5.41, 5.74) is 0. The number of aliphatic hydroxyl groups is 1. The van der Waals surface area contributed by atoms with Gasteiger partial charge in [-0.2, -0.15) is 0 Å². The van der Waals surface area contributed by atoms with Crippen molar-refractivity contribution in [1.29, 1.82) is 0 Å². The molecule has 0 aromatic heterocycles. The third-order valence-corrected chi connectivity index (χ3v) is 3.66. The fourth-order valence-corrected chi connectivity index (χ4v) is 2.85. The van der Waals surface area contributed by atoms with Crippen molar-refractivity contribution < 1.29 is 5.11 Å². The number of hydrogen-bond acceptors (Lipinski definition) is 2. The van der Waals surface area contributed by atoms with Crippen LogP contribution in [0.25, 0.3) is 0 Å². The molecule has 2 atom stereocenters. The maximum absolute atomic E-state index is 9.64. The fourth-order valence-electron chi connectivity index (χ4n) is 1.42. The average Bonchev–Trinajstić information content (AvgIpc) is 1.86. The summed E-state index contributed by atoms with van der Waals surface area (Å²) in [6.45, 7) is 4.12. The third kappa shape index (κ3) is 2.17. The van der Waals surface area contributed by atoms with E-state index in [1.165, 1.54) is 19.3 Å². The first-order chi connectivity index (χ1) is 4.64. The van der Waals surface area contributed by atoms with Crippen LogP contribution in [-0.2, 0) is 0 Å². The highest BCUT2D eigenvalue weighted by Gasteiger charge is 2.29. The molecule has 1 nitrogen and oxygen atoms in total. The Morgan fingerprint density at radius 2 is 2.40 bits per heavy atom. The fraction of sp³-hybridized carbons (Fsp3) is 1.00. The molecule has 2 heteroatoms. The van der Waals surface area contributed by atoms with E-state index in [9.17, 15) is 5.11 Å². The molecule has 1 fully saturated rings. The first-order valence-corrected chi connectivity index (χ1v) is 4.92. The maximum atomic E-state index is 9.64. The van der Waals surface area contributed by atoms with Crippen LogP contribution in [0.4, 0.5) is 0 Å². The molecule has 0 saturated carbocycles. The van der Waals surface area contributed by atoms with Gasteiger partial charge in [0.2, 0.25) is 0 Å². The summed E-state index contributed by atoms with van der Waals surface area (Å²) in [7, 11) is 0. The van der Waals surface area contributed by atoms with E-state index in [4.69, 9.17) is 0 Å². The molecule has 0 aromatic carbocycles. The Morgan fingerprint density at radius 1 is 1.70 bits per heavy atom.